The molecule has 1 saturated heterocycles. The number of hydrogen-bond acceptors (Lipinski definition) is 8. The molecule has 2 aromatic carbocycles. The van der Waals surface area contributed by atoms with Crippen molar-refractivity contribution in [2.75, 3.05) is 19.1 Å². The first-order valence-electron chi connectivity index (χ1n) is 10.4. The Hall–Kier alpha value is -3.69. The number of nitrogens with zero attached hydrogens (tertiary/aromatic N) is 2. The van der Waals surface area contributed by atoms with Gasteiger partial charge in [-0.1, -0.05) is 35.1 Å². The molecular formula is C25H21ClN2O6S. The molecule has 1 N–H and O–H groups in total. The summed E-state index contributed by atoms with van der Waals surface area (Å²) in [5.74, 6) is -2.08. The van der Waals surface area contributed by atoms with Crippen LogP contribution in [0.2, 0.25) is 5.02 Å². The summed E-state index contributed by atoms with van der Waals surface area (Å²) in [7, 11) is 2.78. The lowest BCUT2D eigenvalue weighted by Crippen LogP contribution is -2.29. The SMILES string of the molecule is COC(=O)c1sc(N2C(=O)C(=O)C(=C(O)c3ccc(OC)cc3C)C2c2ccc(Cl)cc2)nc1C. The number of aliphatic hydroxyl groups excluding tert-OH is 1. The van der Waals surface area contributed by atoms with E-state index in [0.717, 1.165) is 11.3 Å². The molecule has 35 heavy (non-hydrogen) atoms. The Bertz CT molecular complexity index is 1380. The van der Waals surface area contributed by atoms with Crippen LogP contribution in [0.3, 0.4) is 0 Å². The van der Waals surface area contributed by atoms with E-state index in [1.165, 1.54) is 19.1 Å². The largest absolute Gasteiger partial charge is 0.507 e. The zero-order chi connectivity index (χ0) is 25.4. The summed E-state index contributed by atoms with van der Waals surface area (Å²) in [4.78, 5) is 44.5. The van der Waals surface area contributed by atoms with Crippen molar-refractivity contribution >= 4 is 51.5 Å². The summed E-state index contributed by atoms with van der Waals surface area (Å²) in [5, 5.41) is 11.9. The number of carbonyl (C=O) groups excluding carboxylic acids is 3. The van der Waals surface area contributed by atoms with Crippen LogP contribution in [0.4, 0.5) is 5.13 Å². The van der Waals surface area contributed by atoms with E-state index in [-0.39, 0.29) is 21.3 Å². The maximum atomic E-state index is 13.3. The zero-order valence-electron chi connectivity index (χ0n) is 19.3. The van der Waals surface area contributed by atoms with E-state index in [0.29, 0.717) is 33.2 Å². The van der Waals surface area contributed by atoms with Gasteiger partial charge in [0.25, 0.3) is 5.78 Å². The number of Topliss-reactive ketones (excluding diaryl/α,β-unsaturated/α-hetero) is 1. The number of rotatable bonds is 5. The monoisotopic (exact) mass is 512 g/mol. The maximum absolute atomic E-state index is 13.3. The highest BCUT2D eigenvalue weighted by atomic mass is 35.5. The molecule has 1 aliphatic rings. The van der Waals surface area contributed by atoms with Gasteiger partial charge in [-0.15, -0.1) is 0 Å². The normalized spacial score (nSPS) is 17.1. The lowest BCUT2D eigenvalue weighted by molar-refractivity contribution is -0.132. The quantitative estimate of drug-likeness (QED) is 0.226. The van der Waals surface area contributed by atoms with E-state index < -0.39 is 23.7 Å². The van der Waals surface area contributed by atoms with Gasteiger partial charge in [0.2, 0.25) is 0 Å². The standard InChI is InChI=1S/C25H21ClN2O6S/c1-12-11-16(33-3)9-10-17(12)20(29)18-19(14-5-7-15(26)8-6-14)28(23(31)21(18)30)25-27-13(2)22(35-25)24(32)34-4/h5-11,19,29H,1-4H3. The fraction of sp³-hybridized carbons (Fsp3) is 0.200. The van der Waals surface area contributed by atoms with Crippen molar-refractivity contribution in [2.24, 2.45) is 0 Å². The number of esters is 1. The first kappa shape index (κ1) is 24.4. The molecule has 0 bridgehead atoms. The van der Waals surface area contributed by atoms with Gasteiger partial charge in [-0.05, 0) is 55.3 Å². The van der Waals surface area contributed by atoms with E-state index in [1.54, 1.807) is 56.3 Å². The van der Waals surface area contributed by atoms with E-state index in [4.69, 9.17) is 21.1 Å². The van der Waals surface area contributed by atoms with Gasteiger partial charge in [0.15, 0.2) is 5.13 Å². The second-order valence-electron chi connectivity index (χ2n) is 7.80. The second-order valence-corrected chi connectivity index (χ2v) is 9.22. The van der Waals surface area contributed by atoms with Gasteiger partial charge >= 0.3 is 11.9 Å². The first-order valence-corrected chi connectivity index (χ1v) is 11.6. The average Bonchev–Trinajstić information content (AvgIpc) is 3.35. The molecule has 1 amide bonds. The third-order valence-electron chi connectivity index (χ3n) is 5.68. The number of aryl methyl sites for hydroxylation is 2. The maximum Gasteiger partial charge on any atom is 0.350 e. The molecule has 180 valence electrons. The van der Waals surface area contributed by atoms with Crippen LogP contribution < -0.4 is 9.64 Å². The van der Waals surface area contributed by atoms with Crippen LogP contribution in [0, 0.1) is 13.8 Å². The number of ketones is 1. The molecule has 3 aromatic rings. The molecule has 1 aliphatic heterocycles. The molecule has 1 aromatic heterocycles. The summed E-state index contributed by atoms with van der Waals surface area (Å²) in [5.41, 5.74) is 1.83. The number of carbonyl (C=O) groups is 3. The number of halogens is 1. The van der Waals surface area contributed by atoms with Gasteiger partial charge in [0.1, 0.15) is 16.4 Å². The average molecular weight is 513 g/mol. The molecule has 10 heteroatoms. The number of amides is 1. The van der Waals surface area contributed by atoms with Gasteiger partial charge in [-0.2, -0.15) is 0 Å². The number of anilines is 1. The van der Waals surface area contributed by atoms with Crippen molar-refractivity contribution in [3.05, 3.63) is 80.3 Å². The zero-order valence-corrected chi connectivity index (χ0v) is 20.9. The Morgan fingerprint density at radius 3 is 2.40 bits per heavy atom. The third kappa shape index (κ3) is 4.28. The van der Waals surface area contributed by atoms with Crippen molar-refractivity contribution < 1.29 is 29.0 Å². The van der Waals surface area contributed by atoms with Crippen molar-refractivity contribution in [1.82, 2.24) is 4.98 Å². The molecule has 8 nitrogen and oxygen atoms in total. The van der Waals surface area contributed by atoms with E-state index in [2.05, 4.69) is 4.98 Å². The summed E-state index contributed by atoms with van der Waals surface area (Å²) in [6.07, 6.45) is 0. The van der Waals surface area contributed by atoms with Gasteiger partial charge in [-0.3, -0.25) is 14.5 Å². The number of ether oxygens (including phenoxy) is 2. The molecular weight excluding hydrogens is 492 g/mol. The highest BCUT2D eigenvalue weighted by Gasteiger charge is 2.48. The first-order chi connectivity index (χ1) is 16.7. The second kappa shape index (κ2) is 9.52. The van der Waals surface area contributed by atoms with Crippen molar-refractivity contribution in [3.63, 3.8) is 0 Å². The lowest BCUT2D eigenvalue weighted by atomic mass is 9.94. The molecule has 2 heterocycles. The summed E-state index contributed by atoms with van der Waals surface area (Å²) >= 11 is 7.00. The number of aliphatic hydroxyl groups is 1. The Morgan fingerprint density at radius 1 is 1.11 bits per heavy atom. The van der Waals surface area contributed by atoms with Crippen molar-refractivity contribution in [3.8, 4) is 5.75 Å². The Morgan fingerprint density at radius 2 is 1.80 bits per heavy atom. The fourth-order valence-electron chi connectivity index (χ4n) is 3.93. The smallest absolute Gasteiger partial charge is 0.350 e. The number of methoxy groups -OCH3 is 2. The van der Waals surface area contributed by atoms with Gasteiger partial charge in [0.05, 0.1) is 31.5 Å². The molecule has 0 spiro atoms. The molecule has 1 fully saturated rings. The fourth-order valence-corrected chi connectivity index (χ4v) is 5.07. The lowest BCUT2D eigenvalue weighted by Gasteiger charge is -2.23. The highest BCUT2D eigenvalue weighted by Crippen LogP contribution is 2.44. The Kier molecular flexibility index (Phi) is 6.64. The van der Waals surface area contributed by atoms with E-state index >= 15 is 0 Å². The van der Waals surface area contributed by atoms with Crippen LogP contribution >= 0.6 is 22.9 Å². The third-order valence-corrected chi connectivity index (χ3v) is 7.07. The minimum Gasteiger partial charge on any atom is -0.507 e. The minimum atomic E-state index is -0.996. The summed E-state index contributed by atoms with van der Waals surface area (Å²) < 4.78 is 10.0. The number of hydrogen-bond donors (Lipinski definition) is 1. The Labute approximate surface area is 210 Å². The molecule has 4 rings (SSSR count). The number of aromatic nitrogens is 1. The molecule has 0 radical (unpaired) electrons. The van der Waals surface area contributed by atoms with E-state index in [9.17, 15) is 19.5 Å². The summed E-state index contributed by atoms with van der Waals surface area (Å²) in [6.45, 7) is 3.37. The van der Waals surface area contributed by atoms with Crippen molar-refractivity contribution in [1.29, 1.82) is 0 Å². The molecule has 1 unspecified atom stereocenters. The van der Waals surface area contributed by atoms with Crippen LogP contribution in [0.1, 0.15) is 38.1 Å². The van der Waals surface area contributed by atoms with Crippen LogP contribution in [0.5, 0.6) is 5.75 Å². The van der Waals surface area contributed by atoms with Gasteiger partial charge < -0.3 is 14.6 Å². The predicted molar refractivity (Wildman–Crippen MR) is 132 cm³/mol. The minimum absolute atomic E-state index is 0.0990. The van der Waals surface area contributed by atoms with Gasteiger partial charge in [-0.25, -0.2) is 9.78 Å². The highest BCUT2D eigenvalue weighted by molar-refractivity contribution is 7.17. The van der Waals surface area contributed by atoms with Crippen molar-refractivity contribution in [2.45, 2.75) is 19.9 Å². The van der Waals surface area contributed by atoms with Gasteiger partial charge in [0, 0.05) is 10.6 Å². The number of benzene rings is 2. The molecule has 0 saturated carbocycles. The Balaban J connectivity index is 1.94. The summed E-state index contributed by atoms with van der Waals surface area (Å²) in [6, 6.07) is 10.6. The van der Waals surface area contributed by atoms with Crippen LogP contribution in [-0.2, 0) is 14.3 Å². The van der Waals surface area contributed by atoms with E-state index in [1.807, 2.05) is 0 Å². The topological polar surface area (TPSA) is 106 Å². The molecule has 1 atom stereocenters. The molecule has 0 aliphatic carbocycles. The number of thiazole rings is 1. The van der Waals surface area contributed by atoms with Crippen LogP contribution in [-0.4, -0.2) is 42.0 Å². The predicted octanol–water partition coefficient (Wildman–Crippen LogP) is 4.83. The van der Waals surface area contributed by atoms with Crippen LogP contribution in [0.15, 0.2) is 48.0 Å². The van der Waals surface area contributed by atoms with Crippen LogP contribution in [0.25, 0.3) is 5.76 Å².